The van der Waals surface area contributed by atoms with E-state index in [4.69, 9.17) is 0 Å². The molecule has 1 amide bonds. The normalized spacial score (nSPS) is 16.7. The van der Waals surface area contributed by atoms with Crippen molar-refractivity contribution in [2.75, 3.05) is 13.1 Å². The molecule has 0 aliphatic carbocycles. The van der Waals surface area contributed by atoms with E-state index in [-0.39, 0.29) is 11.5 Å². The van der Waals surface area contributed by atoms with Gasteiger partial charge in [-0.25, -0.2) is 8.78 Å². The SMILES string of the molecule is CC1=CC=NC=C(NC(=O)c2c[nH]c3ccc(-c4cc(CN5CCCCC5)cc(F)c4F)cc23)C1. The third-order valence-electron chi connectivity index (χ3n) is 6.60. The molecule has 2 aliphatic rings. The average Bonchev–Trinajstić information content (AvgIpc) is 3.17. The monoisotopic (exact) mass is 474 g/mol. The molecule has 5 rings (SSSR count). The van der Waals surface area contributed by atoms with E-state index in [0.717, 1.165) is 42.6 Å². The number of amides is 1. The number of carbonyl (C=O) groups excluding carboxylic acids is 1. The van der Waals surface area contributed by atoms with Crippen molar-refractivity contribution >= 4 is 23.0 Å². The molecular formula is C28H28F2N4O. The van der Waals surface area contributed by atoms with Gasteiger partial charge in [-0.2, -0.15) is 0 Å². The van der Waals surface area contributed by atoms with Crippen LogP contribution in [0.2, 0.25) is 0 Å². The van der Waals surface area contributed by atoms with Gasteiger partial charge in [0.1, 0.15) is 0 Å². The van der Waals surface area contributed by atoms with Crippen molar-refractivity contribution in [2.24, 2.45) is 4.99 Å². The second kappa shape index (κ2) is 9.96. The van der Waals surface area contributed by atoms with E-state index >= 15 is 0 Å². The quantitative estimate of drug-likeness (QED) is 0.470. The molecule has 0 spiro atoms. The van der Waals surface area contributed by atoms with Crippen LogP contribution in [0.15, 0.2) is 65.1 Å². The van der Waals surface area contributed by atoms with Crippen LogP contribution in [0.3, 0.4) is 0 Å². The van der Waals surface area contributed by atoms with Crippen LogP contribution in [0.1, 0.15) is 48.5 Å². The van der Waals surface area contributed by atoms with Crippen molar-refractivity contribution in [1.82, 2.24) is 15.2 Å². The van der Waals surface area contributed by atoms with E-state index in [1.165, 1.54) is 12.5 Å². The van der Waals surface area contributed by atoms with Crippen LogP contribution in [0.4, 0.5) is 8.78 Å². The lowest BCUT2D eigenvalue weighted by atomic mass is 9.99. The smallest absolute Gasteiger partial charge is 0.257 e. The lowest BCUT2D eigenvalue weighted by Crippen LogP contribution is -2.29. The molecule has 35 heavy (non-hydrogen) atoms. The number of halogens is 2. The van der Waals surface area contributed by atoms with Crippen molar-refractivity contribution < 1.29 is 13.6 Å². The molecule has 3 heterocycles. The molecule has 2 N–H and O–H groups in total. The van der Waals surface area contributed by atoms with E-state index in [9.17, 15) is 13.6 Å². The highest BCUT2D eigenvalue weighted by Gasteiger charge is 2.19. The summed E-state index contributed by atoms with van der Waals surface area (Å²) in [5.74, 6) is -2.02. The van der Waals surface area contributed by atoms with Gasteiger partial charge >= 0.3 is 0 Å². The topological polar surface area (TPSA) is 60.5 Å². The number of benzene rings is 2. The summed E-state index contributed by atoms with van der Waals surface area (Å²) >= 11 is 0. The summed E-state index contributed by atoms with van der Waals surface area (Å²) in [6.07, 6.45) is 10.9. The Morgan fingerprint density at radius 2 is 1.97 bits per heavy atom. The highest BCUT2D eigenvalue weighted by atomic mass is 19.2. The highest BCUT2D eigenvalue weighted by molar-refractivity contribution is 6.08. The molecule has 3 aromatic rings. The molecule has 7 heteroatoms. The summed E-state index contributed by atoms with van der Waals surface area (Å²) < 4.78 is 29.5. The molecule has 2 aliphatic heterocycles. The molecule has 180 valence electrons. The van der Waals surface area contributed by atoms with Crippen molar-refractivity contribution in [1.29, 1.82) is 0 Å². The predicted octanol–water partition coefficient (Wildman–Crippen LogP) is 6.09. The highest BCUT2D eigenvalue weighted by Crippen LogP contribution is 2.31. The number of carbonyl (C=O) groups is 1. The second-order valence-corrected chi connectivity index (χ2v) is 9.34. The predicted molar refractivity (Wildman–Crippen MR) is 135 cm³/mol. The van der Waals surface area contributed by atoms with Crippen LogP contribution >= 0.6 is 0 Å². The van der Waals surface area contributed by atoms with Gasteiger partial charge in [0, 0.05) is 53.7 Å². The molecule has 2 aromatic carbocycles. The zero-order valence-electron chi connectivity index (χ0n) is 19.7. The number of aromatic nitrogens is 1. The zero-order valence-corrected chi connectivity index (χ0v) is 19.7. The Kier molecular flexibility index (Phi) is 6.59. The Morgan fingerprint density at radius 1 is 1.14 bits per heavy atom. The number of allylic oxidation sites excluding steroid dienone is 2. The van der Waals surface area contributed by atoms with Gasteiger partial charge < -0.3 is 10.3 Å². The van der Waals surface area contributed by atoms with Crippen LogP contribution in [0.5, 0.6) is 0 Å². The number of fused-ring (bicyclic) bond motifs is 1. The largest absolute Gasteiger partial charge is 0.360 e. The minimum Gasteiger partial charge on any atom is -0.360 e. The van der Waals surface area contributed by atoms with E-state index in [2.05, 4.69) is 20.2 Å². The van der Waals surface area contributed by atoms with Gasteiger partial charge in [-0.3, -0.25) is 14.7 Å². The first kappa shape index (κ1) is 23.2. The lowest BCUT2D eigenvalue weighted by molar-refractivity contribution is 0.0966. The van der Waals surface area contributed by atoms with E-state index in [1.54, 1.807) is 42.9 Å². The van der Waals surface area contributed by atoms with Crippen LogP contribution in [0.25, 0.3) is 22.0 Å². The first-order valence-electron chi connectivity index (χ1n) is 12.0. The molecule has 0 saturated carbocycles. The van der Waals surface area contributed by atoms with E-state index in [0.29, 0.717) is 35.2 Å². The van der Waals surface area contributed by atoms with Gasteiger partial charge in [-0.1, -0.05) is 18.1 Å². The molecule has 1 saturated heterocycles. The van der Waals surface area contributed by atoms with E-state index in [1.807, 2.05) is 13.0 Å². The van der Waals surface area contributed by atoms with Crippen LogP contribution in [-0.4, -0.2) is 35.1 Å². The van der Waals surface area contributed by atoms with Crippen molar-refractivity contribution in [3.05, 3.63) is 82.8 Å². The van der Waals surface area contributed by atoms with E-state index < -0.39 is 11.6 Å². The number of likely N-dealkylation sites (tertiary alicyclic amines) is 1. The van der Waals surface area contributed by atoms with Gasteiger partial charge in [0.15, 0.2) is 11.6 Å². The van der Waals surface area contributed by atoms with Crippen molar-refractivity contribution in [2.45, 2.75) is 39.2 Å². The van der Waals surface area contributed by atoms with Gasteiger partial charge in [-0.15, -0.1) is 0 Å². The minimum absolute atomic E-state index is 0.202. The number of aliphatic imine (C=N–C) groups is 1. The molecular weight excluding hydrogens is 446 g/mol. The maximum Gasteiger partial charge on any atom is 0.257 e. The summed E-state index contributed by atoms with van der Waals surface area (Å²) in [6.45, 7) is 4.51. The second-order valence-electron chi connectivity index (χ2n) is 9.34. The van der Waals surface area contributed by atoms with Gasteiger partial charge in [0.2, 0.25) is 0 Å². The number of piperidine rings is 1. The first-order chi connectivity index (χ1) is 17.0. The minimum atomic E-state index is -0.878. The first-order valence-corrected chi connectivity index (χ1v) is 12.0. The number of rotatable bonds is 5. The van der Waals surface area contributed by atoms with Crippen LogP contribution in [0, 0.1) is 11.6 Å². The number of aromatic amines is 1. The van der Waals surface area contributed by atoms with Crippen LogP contribution < -0.4 is 5.32 Å². The fourth-order valence-electron chi connectivity index (χ4n) is 4.80. The summed E-state index contributed by atoms with van der Waals surface area (Å²) in [5.41, 5.74) is 4.43. The Balaban J connectivity index is 1.45. The van der Waals surface area contributed by atoms with Gasteiger partial charge in [0.05, 0.1) is 5.56 Å². The Hall–Kier alpha value is -3.58. The van der Waals surface area contributed by atoms with Crippen LogP contribution in [-0.2, 0) is 6.54 Å². The van der Waals surface area contributed by atoms with Gasteiger partial charge in [-0.05, 0) is 74.3 Å². The number of hydrogen-bond donors (Lipinski definition) is 2. The molecule has 0 bridgehead atoms. The molecule has 1 fully saturated rings. The number of nitrogens with one attached hydrogen (secondary N) is 2. The number of nitrogens with zero attached hydrogens (tertiary/aromatic N) is 2. The van der Waals surface area contributed by atoms with Crippen molar-refractivity contribution in [3.63, 3.8) is 0 Å². The molecule has 0 unspecified atom stereocenters. The zero-order chi connectivity index (χ0) is 24.4. The van der Waals surface area contributed by atoms with Crippen molar-refractivity contribution in [3.8, 4) is 11.1 Å². The third-order valence-corrected chi connectivity index (χ3v) is 6.60. The molecule has 1 aromatic heterocycles. The summed E-state index contributed by atoms with van der Waals surface area (Å²) in [7, 11) is 0. The average molecular weight is 475 g/mol. The Bertz CT molecular complexity index is 1360. The number of hydrogen-bond acceptors (Lipinski definition) is 3. The summed E-state index contributed by atoms with van der Waals surface area (Å²) in [6, 6.07) is 8.30. The standard InChI is InChI=1S/C28H28F2N4O/c1-18-7-8-31-15-21(11-18)33-28(35)24-16-32-26-6-5-20(14-23(24)26)22-12-19(13-25(29)27(22)30)17-34-9-3-2-4-10-34/h5-8,12-16,32H,2-4,9-11,17H2,1H3,(H,33,35). The lowest BCUT2D eigenvalue weighted by Gasteiger charge is -2.26. The maximum absolute atomic E-state index is 14.9. The fraction of sp³-hybridized carbons (Fsp3) is 0.286. The molecule has 5 nitrogen and oxygen atoms in total. The fourth-order valence-corrected chi connectivity index (χ4v) is 4.80. The third kappa shape index (κ3) is 5.10. The molecule has 0 radical (unpaired) electrons. The summed E-state index contributed by atoms with van der Waals surface area (Å²) in [4.78, 5) is 22.6. The number of H-pyrrole nitrogens is 1. The van der Waals surface area contributed by atoms with Gasteiger partial charge in [0.25, 0.3) is 5.91 Å². The maximum atomic E-state index is 14.9. The Morgan fingerprint density at radius 3 is 2.80 bits per heavy atom. The summed E-state index contributed by atoms with van der Waals surface area (Å²) in [5, 5.41) is 3.57. The molecule has 0 atom stereocenters. The Labute approximate surface area is 203 Å².